The molecule has 3 N–H and O–H groups in total. The van der Waals surface area contributed by atoms with Gasteiger partial charge < -0.3 is 10.6 Å². The largest absolute Gasteiger partial charge is 0.416 e. The van der Waals surface area contributed by atoms with Gasteiger partial charge in [-0.1, -0.05) is 22.0 Å². The molecule has 0 aliphatic heterocycles. The number of carbonyl (C=O) groups is 1. The van der Waals surface area contributed by atoms with Crippen LogP contribution in [0.4, 0.5) is 29.3 Å². The standard InChI is InChI=1S/C15H9Br2F3N6O/c16-8-5-10(13-23-25-26-24-13)12(11(17)6-8)22-14(27)21-9-3-1-2-7(4-9)15(18,19)20/h1-6H,(H2,21,22,27)(H,23,24,25,26). The molecule has 27 heavy (non-hydrogen) atoms. The third-order valence-electron chi connectivity index (χ3n) is 3.33. The van der Waals surface area contributed by atoms with E-state index in [9.17, 15) is 18.0 Å². The van der Waals surface area contributed by atoms with E-state index in [4.69, 9.17) is 0 Å². The molecule has 0 bridgehead atoms. The maximum atomic E-state index is 12.8. The quantitative estimate of drug-likeness (QED) is 0.464. The molecule has 140 valence electrons. The predicted octanol–water partition coefficient (Wildman–Crippen LogP) is 5.05. The maximum absolute atomic E-state index is 12.8. The number of carbonyl (C=O) groups excluding carboxylic acids is 1. The van der Waals surface area contributed by atoms with Gasteiger partial charge in [0.25, 0.3) is 0 Å². The van der Waals surface area contributed by atoms with Gasteiger partial charge in [-0.15, -0.1) is 10.2 Å². The summed E-state index contributed by atoms with van der Waals surface area (Å²) in [6.07, 6.45) is -4.51. The first-order chi connectivity index (χ1) is 12.7. The number of halogens is 5. The summed E-state index contributed by atoms with van der Waals surface area (Å²) in [5, 5.41) is 18.5. The van der Waals surface area contributed by atoms with Gasteiger partial charge in [0.15, 0.2) is 0 Å². The molecule has 2 aromatic carbocycles. The molecule has 0 aliphatic carbocycles. The topological polar surface area (TPSA) is 95.6 Å². The number of aromatic amines is 1. The number of amides is 2. The Morgan fingerprint density at radius 2 is 1.89 bits per heavy atom. The lowest BCUT2D eigenvalue weighted by Crippen LogP contribution is -2.20. The summed E-state index contributed by atoms with van der Waals surface area (Å²) in [5.41, 5.74) is -0.0949. The van der Waals surface area contributed by atoms with Crippen LogP contribution in [-0.2, 0) is 6.18 Å². The highest BCUT2D eigenvalue weighted by atomic mass is 79.9. The van der Waals surface area contributed by atoms with Crippen LogP contribution in [0.5, 0.6) is 0 Å². The van der Waals surface area contributed by atoms with Crippen molar-refractivity contribution in [3.05, 3.63) is 50.9 Å². The molecular formula is C15H9Br2F3N6O. The van der Waals surface area contributed by atoms with Gasteiger partial charge in [0.05, 0.1) is 11.3 Å². The van der Waals surface area contributed by atoms with Crippen LogP contribution in [0.2, 0.25) is 0 Å². The minimum Gasteiger partial charge on any atom is -0.308 e. The number of aromatic nitrogens is 4. The van der Waals surface area contributed by atoms with Crippen LogP contribution >= 0.6 is 31.9 Å². The van der Waals surface area contributed by atoms with Crippen LogP contribution in [-0.4, -0.2) is 26.7 Å². The number of tetrazole rings is 1. The van der Waals surface area contributed by atoms with Crippen molar-refractivity contribution >= 4 is 49.3 Å². The Morgan fingerprint density at radius 3 is 2.56 bits per heavy atom. The van der Waals surface area contributed by atoms with Crippen molar-refractivity contribution in [1.82, 2.24) is 20.6 Å². The molecule has 0 saturated heterocycles. The number of alkyl halides is 3. The highest BCUT2D eigenvalue weighted by Gasteiger charge is 2.30. The van der Waals surface area contributed by atoms with E-state index in [1.165, 1.54) is 12.1 Å². The number of rotatable bonds is 3. The summed E-state index contributed by atoms with van der Waals surface area (Å²) in [5.74, 6) is 0.228. The van der Waals surface area contributed by atoms with E-state index < -0.39 is 17.8 Å². The molecule has 3 rings (SSSR count). The van der Waals surface area contributed by atoms with Crippen molar-refractivity contribution in [3.8, 4) is 11.4 Å². The number of benzene rings is 2. The minimum atomic E-state index is -4.51. The van der Waals surface area contributed by atoms with E-state index >= 15 is 0 Å². The predicted molar refractivity (Wildman–Crippen MR) is 99.1 cm³/mol. The fourth-order valence-electron chi connectivity index (χ4n) is 2.20. The molecule has 3 aromatic rings. The first-order valence-corrected chi connectivity index (χ1v) is 8.81. The number of anilines is 2. The molecule has 1 heterocycles. The van der Waals surface area contributed by atoms with Gasteiger partial charge in [0, 0.05) is 20.2 Å². The van der Waals surface area contributed by atoms with E-state index in [1.807, 2.05) is 0 Å². The molecule has 0 saturated carbocycles. The Hall–Kier alpha value is -2.47. The van der Waals surface area contributed by atoms with Crippen LogP contribution in [0.1, 0.15) is 5.56 Å². The molecule has 0 fully saturated rings. The molecule has 0 aliphatic rings. The minimum absolute atomic E-state index is 0.00308. The zero-order valence-corrected chi connectivity index (χ0v) is 16.3. The number of H-pyrrole nitrogens is 1. The number of hydrogen-bond donors (Lipinski definition) is 3. The lowest BCUT2D eigenvalue weighted by molar-refractivity contribution is -0.137. The number of hydrogen-bond acceptors (Lipinski definition) is 4. The van der Waals surface area contributed by atoms with Gasteiger partial charge in [0.1, 0.15) is 0 Å². The second kappa shape index (κ2) is 7.64. The Balaban J connectivity index is 1.85. The number of nitrogens with one attached hydrogen (secondary N) is 3. The van der Waals surface area contributed by atoms with Crippen molar-refractivity contribution in [1.29, 1.82) is 0 Å². The average Bonchev–Trinajstić information content (AvgIpc) is 3.11. The van der Waals surface area contributed by atoms with E-state index in [-0.39, 0.29) is 11.5 Å². The molecule has 7 nitrogen and oxygen atoms in total. The van der Waals surface area contributed by atoms with Gasteiger partial charge in [-0.25, -0.2) is 4.79 Å². The van der Waals surface area contributed by atoms with E-state index in [0.717, 1.165) is 12.1 Å². The van der Waals surface area contributed by atoms with Crippen LogP contribution in [0.3, 0.4) is 0 Å². The first kappa shape index (κ1) is 19.3. The van der Waals surface area contributed by atoms with Crippen molar-refractivity contribution in [2.45, 2.75) is 6.18 Å². The molecular weight excluding hydrogens is 497 g/mol. The van der Waals surface area contributed by atoms with Crippen LogP contribution in [0, 0.1) is 0 Å². The van der Waals surface area contributed by atoms with Crippen LogP contribution < -0.4 is 10.6 Å². The third kappa shape index (κ3) is 4.63. The summed E-state index contributed by atoms with van der Waals surface area (Å²) >= 11 is 6.66. The summed E-state index contributed by atoms with van der Waals surface area (Å²) in [6.45, 7) is 0. The van der Waals surface area contributed by atoms with E-state index in [1.54, 1.807) is 12.1 Å². The highest BCUT2D eigenvalue weighted by molar-refractivity contribution is 9.11. The Bertz CT molecular complexity index is 978. The molecule has 0 spiro atoms. The lowest BCUT2D eigenvalue weighted by Gasteiger charge is -2.14. The van der Waals surface area contributed by atoms with Gasteiger partial charge in [0.2, 0.25) is 5.82 Å². The second-order valence-electron chi connectivity index (χ2n) is 5.20. The third-order valence-corrected chi connectivity index (χ3v) is 4.41. The number of urea groups is 1. The normalized spacial score (nSPS) is 11.3. The molecule has 12 heteroatoms. The SMILES string of the molecule is O=C(Nc1cccc(C(F)(F)F)c1)Nc1c(Br)cc(Br)cc1-c1nn[nH]n1. The van der Waals surface area contributed by atoms with Crippen molar-refractivity contribution < 1.29 is 18.0 Å². The monoisotopic (exact) mass is 504 g/mol. The zero-order valence-electron chi connectivity index (χ0n) is 13.1. The fraction of sp³-hybridized carbons (Fsp3) is 0.0667. The first-order valence-electron chi connectivity index (χ1n) is 7.22. The van der Waals surface area contributed by atoms with Crippen LogP contribution in [0.15, 0.2) is 45.3 Å². The van der Waals surface area contributed by atoms with Gasteiger partial charge in [-0.05, 0) is 51.5 Å². The molecule has 2 amide bonds. The van der Waals surface area contributed by atoms with Crippen LogP contribution in [0.25, 0.3) is 11.4 Å². The number of nitrogens with zero attached hydrogens (tertiary/aromatic N) is 3. The van der Waals surface area contributed by atoms with Gasteiger partial charge in [-0.2, -0.15) is 18.4 Å². The molecule has 0 radical (unpaired) electrons. The average molecular weight is 506 g/mol. The van der Waals surface area contributed by atoms with Gasteiger partial charge >= 0.3 is 12.2 Å². The lowest BCUT2D eigenvalue weighted by atomic mass is 10.1. The maximum Gasteiger partial charge on any atom is 0.416 e. The molecule has 0 atom stereocenters. The van der Waals surface area contributed by atoms with Crippen molar-refractivity contribution in [2.75, 3.05) is 10.6 Å². The van der Waals surface area contributed by atoms with Gasteiger partial charge in [-0.3, -0.25) is 0 Å². The Morgan fingerprint density at radius 1 is 1.11 bits per heavy atom. The molecule has 0 unspecified atom stereocenters. The highest BCUT2D eigenvalue weighted by Crippen LogP contribution is 2.36. The summed E-state index contributed by atoms with van der Waals surface area (Å²) in [7, 11) is 0. The zero-order chi connectivity index (χ0) is 19.6. The van der Waals surface area contributed by atoms with Crippen molar-refractivity contribution in [2.24, 2.45) is 0 Å². The Kier molecular flexibility index (Phi) is 5.46. The van der Waals surface area contributed by atoms with E-state index in [2.05, 4.69) is 63.1 Å². The Labute approximate surface area is 167 Å². The smallest absolute Gasteiger partial charge is 0.308 e. The second-order valence-corrected chi connectivity index (χ2v) is 6.97. The summed E-state index contributed by atoms with van der Waals surface area (Å²) < 4.78 is 39.6. The fourth-order valence-corrected chi connectivity index (χ4v) is 3.53. The van der Waals surface area contributed by atoms with E-state index in [0.29, 0.717) is 20.2 Å². The molecule has 1 aromatic heterocycles. The van der Waals surface area contributed by atoms with Crippen molar-refractivity contribution in [3.63, 3.8) is 0 Å². The summed E-state index contributed by atoms with van der Waals surface area (Å²) in [6, 6.07) is 6.93. The summed E-state index contributed by atoms with van der Waals surface area (Å²) in [4.78, 5) is 12.3.